The summed E-state index contributed by atoms with van der Waals surface area (Å²) in [4.78, 5) is 10.6. The zero-order chi connectivity index (χ0) is 32.1. The maximum absolute atomic E-state index is 14.2. The summed E-state index contributed by atoms with van der Waals surface area (Å²) in [5.74, 6) is -0.634. The molecule has 236 valence electrons. The maximum atomic E-state index is 14.2. The third-order valence-corrected chi connectivity index (χ3v) is 8.70. The van der Waals surface area contributed by atoms with Crippen molar-refractivity contribution in [1.82, 2.24) is 0 Å². The van der Waals surface area contributed by atoms with Crippen molar-refractivity contribution in [3.8, 4) is 17.2 Å². The van der Waals surface area contributed by atoms with Crippen molar-refractivity contribution < 1.29 is 38.4 Å². The lowest BCUT2D eigenvalue weighted by molar-refractivity contribution is 0.101. The van der Waals surface area contributed by atoms with Crippen molar-refractivity contribution in [1.29, 1.82) is 0 Å². The van der Waals surface area contributed by atoms with Crippen molar-refractivity contribution in [2.45, 2.75) is 66.0 Å². The van der Waals surface area contributed by atoms with Crippen LogP contribution in [0.2, 0.25) is 0 Å². The van der Waals surface area contributed by atoms with Gasteiger partial charge in [-0.05, 0) is 59.8 Å². The minimum absolute atomic E-state index is 0.0110. The lowest BCUT2D eigenvalue weighted by Crippen LogP contribution is -2.17. The molecule has 0 aliphatic carbocycles. The average Bonchev–Trinajstić information content (AvgIpc) is 2.95. The molecule has 0 aromatic heterocycles. The van der Waals surface area contributed by atoms with Gasteiger partial charge in [0.25, 0.3) is 5.91 Å². The highest BCUT2D eigenvalue weighted by Gasteiger charge is 2.31. The first-order chi connectivity index (χ1) is 20.5. The van der Waals surface area contributed by atoms with Gasteiger partial charge in [-0.25, -0.2) is 0 Å². The number of nitrogens with one attached hydrogen (secondary N) is 1. The standard InChI is InChI=1S/C28H30F5NO4S5/c1-15(2)7-10-36-18-13-19(37-11-8-16(3)4)21(20(14-18)38-12-9-17(5)6)28(35)34-22-23(39-29)25(41-31)27(43-33)26(42-32)24(22)40-30/h7-9,13-14H,10-12H2,1-6H3,(H,34,35). The van der Waals surface area contributed by atoms with E-state index < -0.39 is 96.8 Å². The summed E-state index contributed by atoms with van der Waals surface area (Å²) in [6.45, 7) is 11.6. The van der Waals surface area contributed by atoms with Crippen LogP contribution in [-0.4, -0.2) is 25.7 Å². The number of carbonyl (C=O) groups excluding carboxylic acids is 1. The van der Waals surface area contributed by atoms with Crippen LogP contribution >= 0.6 is 60.7 Å². The lowest BCUT2D eigenvalue weighted by Gasteiger charge is -2.20. The summed E-state index contributed by atoms with van der Waals surface area (Å²) in [5.41, 5.74) is 2.14. The first-order valence-corrected chi connectivity index (χ1v) is 16.1. The van der Waals surface area contributed by atoms with Gasteiger partial charge in [0.05, 0.1) is 90.9 Å². The molecule has 15 heteroatoms. The molecule has 5 nitrogen and oxygen atoms in total. The molecule has 0 atom stereocenters. The number of ether oxygens (including phenoxy) is 3. The highest BCUT2D eigenvalue weighted by Crippen LogP contribution is 2.54. The lowest BCUT2D eigenvalue weighted by atomic mass is 10.1. The number of benzene rings is 2. The van der Waals surface area contributed by atoms with E-state index >= 15 is 0 Å². The number of hydrogen-bond donors (Lipinski definition) is 1. The molecule has 0 fully saturated rings. The summed E-state index contributed by atoms with van der Waals surface area (Å²) in [6.07, 6.45) is 5.38. The fourth-order valence-corrected chi connectivity index (χ4v) is 6.14. The van der Waals surface area contributed by atoms with Crippen molar-refractivity contribution in [2.75, 3.05) is 25.1 Å². The molecule has 2 rings (SSSR count). The van der Waals surface area contributed by atoms with Crippen LogP contribution in [0.4, 0.5) is 25.1 Å². The molecule has 0 saturated carbocycles. The predicted molar refractivity (Wildman–Crippen MR) is 170 cm³/mol. The average molecular weight is 700 g/mol. The Morgan fingerprint density at radius 3 is 1.33 bits per heavy atom. The van der Waals surface area contributed by atoms with Crippen LogP contribution in [0.15, 0.2) is 71.6 Å². The first-order valence-electron chi connectivity index (χ1n) is 12.5. The number of rotatable bonds is 16. The molecule has 0 heterocycles. The number of anilines is 1. The fraction of sp³-hybridized carbons (Fsp3) is 0.321. The van der Waals surface area contributed by atoms with Gasteiger partial charge in [0.2, 0.25) is 0 Å². The summed E-state index contributed by atoms with van der Waals surface area (Å²) in [5, 5.41) is 2.36. The Kier molecular flexibility index (Phi) is 16.1. The Labute approximate surface area is 270 Å². The molecule has 2 aromatic carbocycles. The van der Waals surface area contributed by atoms with E-state index in [-0.39, 0.29) is 36.9 Å². The zero-order valence-corrected chi connectivity index (χ0v) is 28.2. The van der Waals surface area contributed by atoms with E-state index in [1.807, 2.05) is 47.6 Å². The normalized spacial score (nSPS) is 10.6. The SMILES string of the molecule is CC(C)=CCOc1cc(OCC=C(C)C)c(C(=O)Nc2c(SF)c(SF)c(SF)c(SF)c2SF)c(OCC=C(C)C)c1. The predicted octanol–water partition coefficient (Wildman–Crippen LogP) is 11.9. The Hall–Kier alpha value is -2.07. The number of amides is 1. The van der Waals surface area contributed by atoms with Crippen molar-refractivity contribution in [3.05, 3.63) is 52.6 Å². The molecular formula is C28H30F5NO4S5. The van der Waals surface area contributed by atoms with E-state index in [1.54, 1.807) is 12.2 Å². The molecule has 0 radical (unpaired) electrons. The monoisotopic (exact) mass is 699 g/mol. The van der Waals surface area contributed by atoms with Gasteiger partial charge < -0.3 is 19.5 Å². The molecule has 0 saturated heterocycles. The van der Waals surface area contributed by atoms with Gasteiger partial charge in [0.15, 0.2) is 0 Å². The highest BCUT2D eigenvalue weighted by molar-refractivity contribution is 8.00. The number of hydrogen-bond acceptors (Lipinski definition) is 9. The molecule has 0 bridgehead atoms. The fourth-order valence-electron chi connectivity index (χ4n) is 3.29. The van der Waals surface area contributed by atoms with E-state index in [0.717, 1.165) is 16.7 Å². The second-order valence-corrected chi connectivity index (χ2v) is 12.2. The molecule has 2 aromatic rings. The van der Waals surface area contributed by atoms with Gasteiger partial charge in [-0.2, -0.15) is 19.4 Å². The van der Waals surface area contributed by atoms with E-state index in [1.165, 1.54) is 12.1 Å². The van der Waals surface area contributed by atoms with E-state index in [2.05, 4.69) is 5.32 Å². The highest BCUT2D eigenvalue weighted by atomic mass is 32.2. The summed E-state index contributed by atoms with van der Waals surface area (Å²) in [6, 6.07) is 2.93. The summed E-state index contributed by atoms with van der Waals surface area (Å²) < 4.78 is 87.5. The van der Waals surface area contributed by atoms with Crippen LogP contribution in [0, 0.1) is 0 Å². The Balaban J connectivity index is 2.79. The first kappa shape index (κ1) is 37.1. The van der Waals surface area contributed by atoms with E-state index in [9.17, 15) is 24.2 Å². The van der Waals surface area contributed by atoms with E-state index in [0.29, 0.717) is 5.75 Å². The third kappa shape index (κ3) is 10.5. The van der Waals surface area contributed by atoms with Crippen LogP contribution in [0.1, 0.15) is 51.9 Å². The summed E-state index contributed by atoms with van der Waals surface area (Å²) >= 11 is -2.81. The van der Waals surface area contributed by atoms with Gasteiger partial charge in [0.1, 0.15) is 42.6 Å². The molecule has 1 amide bonds. The Morgan fingerprint density at radius 2 is 0.977 bits per heavy atom. The molecule has 0 unspecified atom stereocenters. The van der Waals surface area contributed by atoms with Gasteiger partial charge >= 0.3 is 0 Å². The van der Waals surface area contributed by atoms with Gasteiger partial charge in [0, 0.05) is 12.1 Å². The molecule has 43 heavy (non-hydrogen) atoms. The smallest absolute Gasteiger partial charge is 0.263 e. The summed E-state index contributed by atoms with van der Waals surface area (Å²) in [7, 11) is 0. The Morgan fingerprint density at radius 1 is 0.628 bits per heavy atom. The quantitative estimate of drug-likeness (QED) is 0.136. The maximum Gasteiger partial charge on any atom is 0.263 e. The molecule has 1 N–H and O–H groups in total. The molecule has 0 aliphatic rings. The minimum atomic E-state index is -0.967. The van der Waals surface area contributed by atoms with Crippen LogP contribution in [0.25, 0.3) is 0 Å². The van der Waals surface area contributed by atoms with Gasteiger partial charge in [-0.1, -0.05) is 16.7 Å². The van der Waals surface area contributed by atoms with Crippen LogP contribution in [-0.2, 0) is 0 Å². The molecule has 0 aliphatic heterocycles. The van der Waals surface area contributed by atoms with Crippen LogP contribution in [0.3, 0.4) is 0 Å². The molecule has 0 spiro atoms. The van der Waals surface area contributed by atoms with E-state index in [4.69, 9.17) is 14.2 Å². The zero-order valence-electron chi connectivity index (χ0n) is 24.1. The van der Waals surface area contributed by atoms with Crippen molar-refractivity contribution in [2.24, 2.45) is 0 Å². The minimum Gasteiger partial charge on any atom is -0.489 e. The van der Waals surface area contributed by atoms with Crippen LogP contribution < -0.4 is 19.5 Å². The van der Waals surface area contributed by atoms with Crippen molar-refractivity contribution in [3.63, 3.8) is 0 Å². The second kappa shape index (κ2) is 18.7. The largest absolute Gasteiger partial charge is 0.489 e. The number of allylic oxidation sites excluding steroid dienone is 3. The number of carbonyl (C=O) groups is 1. The number of halogens is 5. The van der Waals surface area contributed by atoms with Gasteiger partial charge in [-0.3, -0.25) is 4.79 Å². The topological polar surface area (TPSA) is 56.8 Å². The van der Waals surface area contributed by atoms with Crippen LogP contribution in [0.5, 0.6) is 17.2 Å². The Bertz CT molecular complexity index is 1300. The van der Waals surface area contributed by atoms with Gasteiger partial charge in [-0.15, -0.1) is 0 Å². The third-order valence-electron chi connectivity index (χ3n) is 5.37. The van der Waals surface area contributed by atoms with Crippen molar-refractivity contribution >= 4 is 72.3 Å². The molecular weight excluding hydrogens is 670 g/mol. The second-order valence-electron chi connectivity index (χ2n) is 9.43.